The molecule has 0 fully saturated rings. The first-order valence-electron chi connectivity index (χ1n) is 5.12. The fourth-order valence-corrected chi connectivity index (χ4v) is 2.38. The van der Waals surface area contributed by atoms with Crippen molar-refractivity contribution in [2.75, 3.05) is 19.9 Å². The molecule has 0 atom stereocenters. The monoisotopic (exact) mass is 275 g/mol. The normalized spacial score (nSPS) is 11.3. The van der Waals surface area contributed by atoms with Crippen molar-refractivity contribution in [2.24, 2.45) is 5.73 Å². The van der Waals surface area contributed by atoms with Crippen molar-refractivity contribution in [3.05, 3.63) is 23.5 Å². The highest BCUT2D eigenvalue weighted by Gasteiger charge is 2.22. The van der Waals surface area contributed by atoms with Crippen molar-refractivity contribution in [2.45, 2.75) is 11.3 Å². The van der Waals surface area contributed by atoms with Gasteiger partial charge in [-0.3, -0.25) is 4.79 Å². The van der Waals surface area contributed by atoms with Crippen molar-refractivity contribution >= 4 is 15.6 Å². The molecule has 100 valence electrons. The van der Waals surface area contributed by atoms with E-state index in [-0.39, 0.29) is 29.2 Å². The molecule has 0 unspecified atom stereocenters. The van der Waals surface area contributed by atoms with Crippen LogP contribution in [0.3, 0.4) is 0 Å². The van der Waals surface area contributed by atoms with Gasteiger partial charge in [0, 0.05) is 12.7 Å². The highest BCUT2D eigenvalue weighted by Crippen LogP contribution is 2.30. The summed E-state index contributed by atoms with van der Waals surface area (Å²) in [6.07, 6.45) is 0.907. The maximum absolute atomic E-state index is 13.4. The predicted molar refractivity (Wildman–Crippen MR) is 64.1 cm³/mol. The van der Waals surface area contributed by atoms with E-state index >= 15 is 0 Å². The highest BCUT2D eigenvalue weighted by atomic mass is 32.2. The van der Waals surface area contributed by atoms with Gasteiger partial charge in [0.05, 0.1) is 12.7 Å². The minimum absolute atomic E-state index is 0.0109. The number of sulfone groups is 1. The van der Waals surface area contributed by atoms with E-state index in [1.54, 1.807) is 0 Å². The Hall–Kier alpha value is -1.47. The number of carbonyl (C=O) groups excluding carboxylic acids is 1. The lowest BCUT2D eigenvalue weighted by Gasteiger charge is -2.12. The maximum Gasteiger partial charge on any atom is 0.179 e. The van der Waals surface area contributed by atoms with Gasteiger partial charge >= 0.3 is 0 Å². The summed E-state index contributed by atoms with van der Waals surface area (Å²) in [5, 5.41) is 0. The second-order valence-electron chi connectivity index (χ2n) is 3.72. The molecule has 1 aromatic carbocycles. The van der Waals surface area contributed by atoms with Crippen molar-refractivity contribution in [3.8, 4) is 5.75 Å². The van der Waals surface area contributed by atoms with Crippen LogP contribution in [0.5, 0.6) is 5.75 Å². The Kier molecular flexibility index (Phi) is 4.42. The molecule has 0 heterocycles. The quantitative estimate of drug-likeness (QED) is 0.802. The molecule has 0 aliphatic carbocycles. The largest absolute Gasteiger partial charge is 0.495 e. The zero-order chi connectivity index (χ0) is 13.9. The van der Waals surface area contributed by atoms with Gasteiger partial charge in [-0.2, -0.15) is 0 Å². The summed E-state index contributed by atoms with van der Waals surface area (Å²) in [6.45, 7) is 0.0900. The number of carbonyl (C=O) groups is 1. The first-order chi connectivity index (χ1) is 8.31. The maximum atomic E-state index is 13.4. The van der Waals surface area contributed by atoms with Crippen LogP contribution in [-0.4, -0.2) is 34.1 Å². The van der Waals surface area contributed by atoms with Crippen LogP contribution in [0.1, 0.15) is 16.8 Å². The number of benzene rings is 1. The third-order valence-corrected chi connectivity index (χ3v) is 3.40. The predicted octanol–water partition coefficient (Wildman–Crippen LogP) is 0.769. The lowest BCUT2D eigenvalue weighted by atomic mass is 10.1. The van der Waals surface area contributed by atoms with E-state index in [9.17, 15) is 17.6 Å². The molecule has 18 heavy (non-hydrogen) atoms. The van der Waals surface area contributed by atoms with Crippen LogP contribution in [0.25, 0.3) is 0 Å². The van der Waals surface area contributed by atoms with Gasteiger partial charge < -0.3 is 10.5 Å². The van der Waals surface area contributed by atoms with Gasteiger partial charge in [-0.1, -0.05) is 0 Å². The fourth-order valence-electron chi connectivity index (χ4n) is 1.53. The molecule has 2 N–H and O–H groups in total. The number of nitrogens with two attached hydrogens (primary N) is 1. The minimum atomic E-state index is -3.69. The molecule has 0 saturated carbocycles. The van der Waals surface area contributed by atoms with E-state index in [1.165, 1.54) is 7.11 Å². The van der Waals surface area contributed by atoms with Crippen molar-refractivity contribution in [1.82, 2.24) is 0 Å². The summed E-state index contributed by atoms with van der Waals surface area (Å²) in [5.41, 5.74) is 5.14. The van der Waals surface area contributed by atoms with Crippen LogP contribution >= 0.6 is 0 Å². The number of methoxy groups -OCH3 is 1. The molecule has 1 rings (SSSR count). The zero-order valence-corrected chi connectivity index (χ0v) is 10.9. The van der Waals surface area contributed by atoms with Crippen LogP contribution in [0.15, 0.2) is 17.0 Å². The molecule has 5 nitrogen and oxygen atoms in total. The van der Waals surface area contributed by atoms with E-state index in [1.807, 2.05) is 0 Å². The summed E-state index contributed by atoms with van der Waals surface area (Å²) in [4.78, 5) is 11.4. The third kappa shape index (κ3) is 3.05. The molecule has 1 aromatic rings. The molecular formula is C11H14FNO4S. The molecular weight excluding hydrogens is 261 g/mol. The Morgan fingerprint density at radius 2 is 2.06 bits per heavy atom. The highest BCUT2D eigenvalue weighted by molar-refractivity contribution is 7.90. The Balaban J connectivity index is 3.53. The Labute approximate surface area is 105 Å². The lowest BCUT2D eigenvalue weighted by Crippen LogP contribution is -2.12. The molecule has 0 aromatic heterocycles. The molecule has 7 heteroatoms. The first-order valence-corrected chi connectivity index (χ1v) is 7.01. The van der Waals surface area contributed by atoms with Crippen molar-refractivity contribution < 1.29 is 22.3 Å². The number of hydrogen-bond acceptors (Lipinski definition) is 5. The topological polar surface area (TPSA) is 86.5 Å². The molecule has 0 spiro atoms. The molecule has 0 bridgehead atoms. The van der Waals surface area contributed by atoms with E-state index in [0.717, 1.165) is 18.4 Å². The molecule has 0 radical (unpaired) electrons. The van der Waals surface area contributed by atoms with Crippen molar-refractivity contribution in [1.29, 1.82) is 0 Å². The summed E-state index contributed by atoms with van der Waals surface area (Å²) in [5.74, 6) is -1.41. The standard InChI is InChI=1S/C11H14FNO4S/c1-17-11-8(9(14)3-4-13)5-7(12)6-10(11)18(2,15)16/h5-6H,3-4,13H2,1-2H3. The smallest absolute Gasteiger partial charge is 0.179 e. The van der Waals surface area contributed by atoms with E-state index in [2.05, 4.69) is 0 Å². The molecule has 0 aliphatic heterocycles. The van der Waals surface area contributed by atoms with Gasteiger partial charge in [-0.15, -0.1) is 0 Å². The Morgan fingerprint density at radius 3 is 2.50 bits per heavy atom. The number of ketones is 1. The van der Waals surface area contributed by atoms with E-state index in [4.69, 9.17) is 10.5 Å². The summed E-state index contributed by atoms with van der Waals surface area (Å²) < 4.78 is 41.3. The Morgan fingerprint density at radius 1 is 1.44 bits per heavy atom. The molecule has 0 aliphatic rings. The molecule has 0 saturated heterocycles. The summed E-state index contributed by atoms with van der Waals surface area (Å²) in [6, 6.07) is 1.78. The van der Waals surface area contributed by atoms with Gasteiger partial charge in [0.15, 0.2) is 15.6 Å². The SMILES string of the molecule is COc1c(C(=O)CCN)cc(F)cc1S(C)(=O)=O. The van der Waals surface area contributed by atoms with Crippen LogP contribution in [0.4, 0.5) is 4.39 Å². The van der Waals surface area contributed by atoms with Gasteiger partial charge in [-0.05, 0) is 18.7 Å². The summed E-state index contributed by atoms with van der Waals surface area (Å²) >= 11 is 0. The number of ether oxygens (including phenoxy) is 1. The number of halogens is 1. The van der Waals surface area contributed by atoms with Gasteiger partial charge in [-0.25, -0.2) is 12.8 Å². The van der Waals surface area contributed by atoms with Gasteiger partial charge in [0.2, 0.25) is 0 Å². The third-order valence-electron chi connectivity index (χ3n) is 2.30. The average molecular weight is 275 g/mol. The first kappa shape index (κ1) is 14.6. The fraction of sp³-hybridized carbons (Fsp3) is 0.364. The average Bonchev–Trinajstić information content (AvgIpc) is 2.27. The second-order valence-corrected chi connectivity index (χ2v) is 5.70. The minimum Gasteiger partial charge on any atom is -0.495 e. The van der Waals surface area contributed by atoms with Crippen LogP contribution < -0.4 is 10.5 Å². The van der Waals surface area contributed by atoms with E-state index in [0.29, 0.717) is 0 Å². The number of Topliss-reactive ketones (excluding diaryl/α,β-unsaturated/α-hetero) is 1. The number of rotatable bonds is 5. The Bertz CT molecular complexity index is 569. The number of hydrogen-bond donors (Lipinski definition) is 1. The summed E-state index contributed by atoms with van der Waals surface area (Å²) in [7, 11) is -2.46. The van der Waals surface area contributed by atoms with Gasteiger partial charge in [0.25, 0.3) is 0 Å². The van der Waals surface area contributed by atoms with Crippen LogP contribution in [0, 0.1) is 5.82 Å². The second kappa shape index (κ2) is 5.45. The molecule has 0 amide bonds. The van der Waals surface area contributed by atoms with E-state index < -0.39 is 21.4 Å². The van der Waals surface area contributed by atoms with Crippen molar-refractivity contribution in [3.63, 3.8) is 0 Å². The van der Waals surface area contributed by atoms with Crippen LogP contribution in [0.2, 0.25) is 0 Å². The van der Waals surface area contributed by atoms with Crippen LogP contribution in [-0.2, 0) is 9.84 Å². The lowest BCUT2D eigenvalue weighted by molar-refractivity contribution is 0.0981. The van der Waals surface area contributed by atoms with Gasteiger partial charge in [0.1, 0.15) is 16.5 Å². The zero-order valence-electron chi connectivity index (χ0n) is 10.1.